The van der Waals surface area contributed by atoms with Gasteiger partial charge < -0.3 is 4.74 Å². The molecule has 1 aromatic carbocycles. The van der Waals surface area contributed by atoms with Crippen LogP contribution in [0.3, 0.4) is 0 Å². The maximum Gasteiger partial charge on any atom is 0.327 e. The number of rotatable bonds is 2. The van der Waals surface area contributed by atoms with Crippen molar-refractivity contribution in [2.24, 2.45) is 0 Å². The van der Waals surface area contributed by atoms with Gasteiger partial charge in [0.15, 0.2) is 5.78 Å². The van der Waals surface area contributed by atoms with Gasteiger partial charge in [0.2, 0.25) is 0 Å². The molecule has 0 saturated carbocycles. The van der Waals surface area contributed by atoms with Gasteiger partial charge in [0.1, 0.15) is 6.04 Å². The highest BCUT2D eigenvalue weighted by molar-refractivity contribution is 6.02. The second-order valence-electron chi connectivity index (χ2n) is 3.58. The van der Waals surface area contributed by atoms with Crippen molar-refractivity contribution in [3.8, 4) is 0 Å². The summed E-state index contributed by atoms with van der Waals surface area (Å²) in [5.41, 5.74) is 1.32. The lowest BCUT2D eigenvalue weighted by Crippen LogP contribution is -2.39. The predicted molar refractivity (Wildman–Crippen MR) is 58.1 cm³/mol. The molecule has 4 nitrogen and oxygen atoms in total. The Morgan fingerprint density at radius 2 is 2.25 bits per heavy atom. The number of carbonyl (C=O) groups excluding carboxylic acids is 2. The van der Waals surface area contributed by atoms with Crippen LogP contribution in [0.15, 0.2) is 24.3 Å². The third-order valence-corrected chi connectivity index (χ3v) is 2.56. The number of nitrogens with one attached hydrogen (secondary N) is 1. The summed E-state index contributed by atoms with van der Waals surface area (Å²) >= 11 is 0. The Hall–Kier alpha value is -1.68. The first-order valence-electron chi connectivity index (χ1n) is 5.26. The fraction of sp³-hybridized carbons (Fsp3) is 0.333. The molecule has 0 bridgehead atoms. The van der Waals surface area contributed by atoms with E-state index in [0.29, 0.717) is 17.7 Å². The highest BCUT2D eigenvalue weighted by Crippen LogP contribution is 2.23. The standard InChI is InChI=1S/C12H13NO3/c1-2-16-12(15)11-9-6-4-3-5-8(9)10(14)7-13-11/h3-6,11,13H,2,7H2,1H3. The van der Waals surface area contributed by atoms with E-state index in [1.807, 2.05) is 6.07 Å². The molecule has 0 fully saturated rings. The van der Waals surface area contributed by atoms with Crippen molar-refractivity contribution in [1.82, 2.24) is 5.32 Å². The molecule has 16 heavy (non-hydrogen) atoms. The van der Waals surface area contributed by atoms with Crippen molar-refractivity contribution >= 4 is 11.8 Å². The van der Waals surface area contributed by atoms with Crippen molar-refractivity contribution in [1.29, 1.82) is 0 Å². The fourth-order valence-electron chi connectivity index (χ4n) is 1.84. The third kappa shape index (κ3) is 1.84. The zero-order valence-corrected chi connectivity index (χ0v) is 9.03. The minimum Gasteiger partial charge on any atom is -0.465 e. The number of Topliss-reactive ketones (excluding diaryl/α,β-unsaturated/α-hetero) is 1. The summed E-state index contributed by atoms with van der Waals surface area (Å²) in [7, 11) is 0. The molecule has 0 radical (unpaired) electrons. The highest BCUT2D eigenvalue weighted by Gasteiger charge is 2.30. The van der Waals surface area contributed by atoms with Crippen LogP contribution in [0.5, 0.6) is 0 Å². The van der Waals surface area contributed by atoms with Gasteiger partial charge in [-0.1, -0.05) is 24.3 Å². The maximum absolute atomic E-state index is 11.7. The van der Waals surface area contributed by atoms with Crippen LogP contribution in [0.25, 0.3) is 0 Å². The third-order valence-electron chi connectivity index (χ3n) is 2.56. The van der Waals surface area contributed by atoms with Crippen molar-refractivity contribution in [2.75, 3.05) is 13.2 Å². The van der Waals surface area contributed by atoms with E-state index >= 15 is 0 Å². The molecule has 0 amide bonds. The second-order valence-corrected chi connectivity index (χ2v) is 3.58. The van der Waals surface area contributed by atoms with Gasteiger partial charge in [-0.15, -0.1) is 0 Å². The summed E-state index contributed by atoms with van der Waals surface area (Å²) in [6.45, 7) is 2.28. The van der Waals surface area contributed by atoms with Gasteiger partial charge in [0.25, 0.3) is 0 Å². The molecule has 84 valence electrons. The van der Waals surface area contributed by atoms with E-state index in [0.717, 1.165) is 0 Å². The normalized spacial score (nSPS) is 19.1. The molecule has 1 aliphatic rings. The van der Waals surface area contributed by atoms with Crippen molar-refractivity contribution in [2.45, 2.75) is 13.0 Å². The minimum absolute atomic E-state index is 0.0103. The molecule has 4 heteroatoms. The van der Waals surface area contributed by atoms with Crippen LogP contribution in [0.1, 0.15) is 28.9 Å². The molecule has 1 atom stereocenters. The molecule has 0 saturated heterocycles. The van der Waals surface area contributed by atoms with Gasteiger partial charge in [-0.3, -0.25) is 10.1 Å². The Bertz CT molecular complexity index is 428. The number of hydrogen-bond donors (Lipinski definition) is 1. The molecule has 1 aliphatic heterocycles. The Labute approximate surface area is 93.6 Å². The Kier molecular flexibility index (Phi) is 3.01. The first kappa shape index (κ1) is 10.8. The number of fused-ring (bicyclic) bond motifs is 1. The molecule has 1 N–H and O–H groups in total. The molecular weight excluding hydrogens is 206 g/mol. The SMILES string of the molecule is CCOC(=O)C1NCC(=O)c2ccccc21. The summed E-state index contributed by atoms with van der Waals surface area (Å²) in [5.74, 6) is -0.321. The van der Waals surface area contributed by atoms with E-state index in [-0.39, 0.29) is 18.3 Å². The topological polar surface area (TPSA) is 55.4 Å². The summed E-state index contributed by atoms with van der Waals surface area (Å²) in [6, 6.07) is 6.61. The highest BCUT2D eigenvalue weighted by atomic mass is 16.5. The molecule has 0 aliphatic carbocycles. The second kappa shape index (κ2) is 4.45. The van der Waals surface area contributed by atoms with Crippen LogP contribution in [-0.2, 0) is 9.53 Å². The average molecular weight is 219 g/mol. The number of hydrogen-bond acceptors (Lipinski definition) is 4. The monoisotopic (exact) mass is 219 g/mol. The molecular formula is C12H13NO3. The Balaban J connectivity index is 2.34. The summed E-state index contributed by atoms with van der Waals surface area (Å²) in [5, 5.41) is 2.89. The number of ether oxygens (including phenoxy) is 1. The Morgan fingerprint density at radius 3 is 3.00 bits per heavy atom. The molecule has 1 heterocycles. The number of esters is 1. The van der Waals surface area contributed by atoms with E-state index in [1.165, 1.54) is 0 Å². The van der Waals surface area contributed by atoms with Crippen LogP contribution >= 0.6 is 0 Å². The maximum atomic E-state index is 11.7. The molecule has 0 aromatic heterocycles. The minimum atomic E-state index is -0.520. The molecule has 1 unspecified atom stereocenters. The summed E-state index contributed by atoms with van der Waals surface area (Å²) in [6.07, 6.45) is 0. The first-order valence-corrected chi connectivity index (χ1v) is 5.26. The van der Waals surface area contributed by atoms with Crippen LogP contribution in [0, 0.1) is 0 Å². The van der Waals surface area contributed by atoms with E-state index in [4.69, 9.17) is 4.74 Å². The number of benzene rings is 1. The zero-order valence-electron chi connectivity index (χ0n) is 9.03. The van der Waals surface area contributed by atoms with Crippen LogP contribution in [0.4, 0.5) is 0 Å². The largest absolute Gasteiger partial charge is 0.465 e. The predicted octanol–water partition coefficient (Wildman–Crippen LogP) is 1.08. The molecule has 1 aromatic rings. The van der Waals surface area contributed by atoms with E-state index < -0.39 is 6.04 Å². The lowest BCUT2D eigenvalue weighted by molar-refractivity contribution is -0.145. The van der Waals surface area contributed by atoms with Gasteiger partial charge in [-0.2, -0.15) is 0 Å². The van der Waals surface area contributed by atoms with Gasteiger partial charge in [0.05, 0.1) is 13.2 Å². The molecule has 2 rings (SSSR count). The van der Waals surface area contributed by atoms with Crippen molar-refractivity contribution in [3.63, 3.8) is 0 Å². The number of carbonyl (C=O) groups is 2. The smallest absolute Gasteiger partial charge is 0.327 e. The average Bonchev–Trinajstić information content (AvgIpc) is 2.30. The lowest BCUT2D eigenvalue weighted by atomic mass is 9.94. The van der Waals surface area contributed by atoms with Crippen molar-refractivity contribution < 1.29 is 14.3 Å². The van der Waals surface area contributed by atoms with Gasteiger partial charge >= 0.3 is 5.97 Å². The van der Waals surface area contributed by atoms with Crippen LogP contribution in [0.2, 0.25) is 0 Å². The quantitative estimate of drug-likeness (QED) is 0.756. The first-order chi connectivity index (χ1) is 7.74. The number of ketones is 1. The van der Waals surface area contributed by atoms with Gasteiger partial charge in [-0.25, -0.2) is 4.79 Å². The molecule has 0 spiro atoms. The van der Waals surface area contributed by atoms with E-state index in [1.54, 1.807) is 25.1 Å². The van der Waals surface area contributed by atoms with Crippen LogP contribution < -0.4 is 5.32 Å². The fourth-order valence-corrected chi connectivity index (χ4v) is 1.84. The van der Waals surface area contributed by atoms with Gasteiger partial charge in [-0.05, 0) is 12.5 Å². The van der Waals surface area contributed by atoms with Crippen molar-refractivity contribution in [3.05, 3.63) is 35.4 Å². The summed E-state index contributed by atoms with van der Waals surface area (Å²) < 4.78 is 4.96. The lowest BCUT2D eigenvalue weighted by Gasteiger charge is -2.24. The van der Waals surface area contributed by atoms with Crippen LogP contribution in [-0.4, -0.2) is 24.9 Å². The van der Waals surface area contributed by atoms with E-state index in [9.17, 15) is 9.59 Å². The zero-order chi connectivity index (χ0) is 11.5. The van der Waals surface area contributed by atoms with Gasteiger partial charge in [0, 0.05) is 5.56 Å². The summed E-state index contributed by atoms with van der Waals surface area (Å²) in [4.78, 5) is 23.3. The Morgan fingerprint density at radius 1 is 1.50 bits per heavy atom. The van der Waals surface area contributed by atoms with E-state index in [2.05, 4.69) is 5.32 Å².